The highest BCUT2D eigenvalue weighted by atomic mass is 32.2. The number of nitriles is 1. The number of hydrogen-bond donors (Lipinski definition) is 1. The first-order valence-corrected chi connectivity index (χ1v) is 13.5. The van der Waals surface area contributed by atoms with E-state index in [9.17, 15) is 18.0 Å². The van der Waals surface area contributed by atoms with Crippen LogP contribution in [-0.2, 0) is 26.3 Å². The molecule has 0 spiro atoms. The summed E-state index contributed by atoms with van der Waals surface area (Å²) in [5.41, 5.74) is 1.92. The van der Waals surface area contributed by atoms with Crippen molar-refractivity contribution in [2.75, 3.05) is 39.8 Å². The molecule has 3 saturated heterocycles. The molecular weight excluding hydrogens is 470 g/mol. The maximum absolute atomic E-state index is 13.4. The van der Waals surface area contributed by atoms with Crippen molar-refractivity contribution in [3.63, 3.8) is 0 Å². The standard InChI is InChI=1S/C24H33N5O5S/c1-17-7-8-19(22(11-17)34-2)13-26-23(30)21-6-4-10-29(21)24(31)20-5-3-9-27(16-20)35(32,33)28-14-18(12-25)15-28/h7-8,11,18,20-21H,3-6,9-10,13-16H2,1-2H3,(H,26,30)/t20-,21+/m0/s1. The molecule has 10 nitrogen and oxygen atoms in total. The Morgan fingerprint density at radius 3 is 2.60 bits per heavy atom. The minimum absolute atomic E-state index is 0.111. The lowest BCUT2D eigenvalue weighted by molar-refractivity contribution is -0.142. The number of hydrogen-bond acceptors (Lipinski definition) is 6. The molecule has 0 saturated carbocycles. The second kappa shape index (κ2) is 10.5. The van der Waals surface area contributed by atoms with Gasteiger partial charge in [0.2, 0.25) is 11.8 Å². The SMILES string of the molecule is COc1cc(C)ccc1CNC(=O)[C@H]1CCCN1C(=O)[C@H]1CCCN(S(=O)(=O)N2CC(C#N)C2)C1. The van der Waals surface area contributed by atoms with Crippen LogP contribution >= 0.6 is 0 Å². The average molecular weight is 504 g/mol. The van der Waals surface area contributed by atoms with Crippen molar-refractivity contribution in [2.24, 2.45) is 11.8 Å². The monoisotopic (exact) mass is 503 g/mol. The van der Waals surface area contributed by atoms with E-state index in [0.29, 0.717) is 44.6 Å². The van der Waals surface area contributed by atoms with Gasteiger partial charge >= 0.3 is 0 Å². The quantitative estimate of drug-likeness (QED) is 0.593. The number of carbonyl (C=O) groups is 2. The Labute approximate surface area is 207 Å². The van der Waals surface area contributed by atoms with Gasteiger partial charge in [0, 0.05) is 44.8 Å². The molecule has 3 aliphatic rings. The number of rotatable bonds is 7. The summed E-state index contributed by atoms with van der Waals surface area (Å²) in [5, 5.41) is 11.9. The van der Waals surface area contributed by atoms with E-state index in [0.717, 1.165) is 17.5 Å². The molecular formula is C24H33N5O5S. The van der Waals surface area contributed by atoms with E-state index in [4.69, 9.17) is 10.00 Å². The largest absolute Gasteiger partial charge is 0.496 e. The zero-order valence-corrected chi connectivity index (χ0v) is 21.1. The van der Waals surface area contributed by atoms with Gasteiger partial charge in [0.15, 0.2) is 0 Å². The van der Waals surface area contributed by atoms with Gasteiger partial charge in [0.1, 0.15) is 11.8 Å². The Kier molecular flexibility index (Phi) is 7.64. The van der Waals surface area contributed by atoms with Crippen molar-refractivity contribution in [3.05, 3.63) is 29.3 Å². The number of nitrogens with zero attached hydrogens (tertiary/aromatic N) is 4. The lowest BCUT2D eigenvalue weighted by atomic mass is 9.97. The Morgan fingerprint density at radius 1 is 1.14 bits per heavy atom. The van der Waals surface area contributed by atoms with Gasteiger partial charge in [-0.05, 0) is 44.2 Å². The summed E-state index contributed by atoms with van der Waals surface area (Å²) in [6.45, 7) is 3.64. The van der Waals surface area contributed by atoms with E-state index in [1.54, 1.807) is 12.0 Å². The van der Waals surface area contributed by atoms with Crippen LogP contribution in [0, 0.1) is 30.1 Å². The first kappa shape index (κ1) is 25.4. The molecule has 4 rings (SSSR count). The molecule has 0 aliphatic carbocycles. The third kappa shape index (κ3) is 5.29. The minimum Gasteiger partial charge on any atom is -0.496 e. The fourth-order valence-corrected chi connectivity index (χ4v) is 6.85. The molecule has 35 heavy (non-hydrogen) atoms. The van der Waals surface area contributed by atoms with E-state index in [1.165, 1.54) is 8.61 Å². The number of nitrogens with one attached hydrogen (secondary N) is 1. The zero-order valence-electron chi connectivity index (χ0n) is 20.3. The van der Waals surface area contributed by atoms with Gasteiger partial charge in [-0.1, -0.05) is 12.1 Å². The smallest absolute Gasteiger partial charge is 0.282 e. The first-order chi connectivity index (χ1) is 16.7. The third-order valence-electron chi connectivity index (χ3n) is 7.15. The van der Waals surface area contributed by atoms with Crippen LogP contribution in [0.2, 0.25) is 0 Å². The topological polar surface area (TPSA) is 123 Å². The summed E-state index contributed by atoms with van der Waals surface area (Å²) in [4.78, 5) is 28.0. The number of likely N-dealkylation sites (tertiary alicyclic amines) is 1. The zero-order chi connectivity index (χ0) is 25.2. The van der Waals surface area contributed by atoms with E-state index in [1.807, 2.05) is 25.1 Å². The van der Waals surface area contributed by atoms with E-state index in [2.05, 4.69) is 11.4 Å². The average Bonchev–Trinajstić information content (AvgIpc) is 3.32. The maximum Gasteiger partial charge on any atom is 0.282 e. The Hall–Kier alpha value is -2.68. The van der Waals surface area contributed by atoms with Crippen LogP contribution in [0.4, 0.5) is 0 Å². The molecule has 1 aromatic rings. The van der Waals surface area contributed by atoms with Gasteiger partial charge in [0.05, 0.1) is 25.0 Å². The summed E-state index contributed by atoms with van der Waals surface area (Å²) >= 11 is 0. The van der Waals surface area contributed by atoms with E-state index >= 15 is 0 Å². The van der Waals surface area contributed by atoms with Crippen molar-refractivity contribution in [1.82, 2.24) is 18.8 Å². The van der Waals surface area contributed by atoms with Gasteiger partial charge < -0.3 is 15.0 Å². The number of piperidine rings is 1. The van der Waals surface area contributed by atoms with E-state index in [-0.39, 0.29) is 37.4 Å². The van der Waals surface area contributed by atoms with Crippen molar-refractivity contribution in [2.45, 2.75) is 45.2 Å². The van der Waals surface area contributed by atoms with Crippen LogP contribution in [0.15, 0.2) is 18.2 Å². The molecule has 11 heteroatoms. The maximum atomic E-state index is 13.4. The minimum atomic E-state index is -3.68. The molecule has 3 aliphatic heterocycles. The fourth-order valence-electron chi connectivity index (χ4n) is 5.06. The molecule has 0 unspecified atom stereocenters. The number of aryl methyl sites for hydroxylation is 1. The molecule has 190 valence electrons. The Bertz CT molecular complexity index is 1110. The molecule has 3 fully saturated rings. The van der Waals surface area contributed by atoms with Crippen LogP contribution in [0.1, 0.15) is 36.8 Å². The predicted molar refractivity (Wildman–Crippen MR) is 128 cm³/mol. The van der Waals surface area contributed by atoms with Crippen LogP contribution in [-0.4, -0.2) is 79.6 Å². The molecule has 0 aromatic heterocycles. The molecule has 1 aromatic carbocycles. The van der Waals surface area contributed by atoms with Gasteiger partial charge in [0.25, 0.3) is 10.2 Å². The summed E-state index contributed by atoms with van der Waals surface area (Å²) in [6.07, 6.45) is 2.50. The second-order valence-electron chi connectivity index (χ2n) is 9.57. The molecule has 1 N–H and O–H groups in total. The molecule has 2 amide bonds. The lowest BCUT2D eigenvalue weighted by Gasteiger charge is -2.41. The van der Waals surface area contributed by atoms with Crippen molar-refractivity contribution < 1.29 is 22.7 Å². The van der Waals surface area contributed by atoms with E-state index < -0.39 is 22.2 Å². The highest BCUT2D eigenvalue weighted by Gasteiger charge is 2.44. The number of amides is 2. The highest BCUT2D eigenvalue weighted by Crippen LogP contribution is 2.29. The summed E-state index contributed by atoms with van der Waals surface area (Å²) in [6, 6.07) is 7.31. The Morgan fingerprint density at radius 2 is 1.89 bits per heavy atom. The van der Waals surface area contributed by atoms with Gasteiger partial charge in [-0.3, -0.25) is 9.59 Å². The van der Waals surface area contributed by atoms with Crippen LogP contribution in [0.5, 0.6) is 5.75 Å². The molecule has 0 radical (unpaired) electrons. The van der Waals surface area contributed by atoms with Crippen LogP contribution in [0.25, 0.3) is 0 Å². The molecule has 3 heterocycles. The van der Waals surface area contributed by atoms with Crippen LogP contribution in [0.3, 0.4) is 0 Å². The number of benzene rings is 1. The van der Waals surface area contributed by atoms with Crippen molar-refractivity contribution in [3.8, 4) is 11.8 Å². The molecule has 2 atom stereocenters. The Balaban J connectivity index is 1.37. The third-order valence-corrected chi connectivity index (χ3v) is 9.09. The van der Waals surface area contributed by atoms with Gasteiger partial charge in [-0.15, -0.1) is 0 Å². The number of ether oxygens (including phenoxy) is 1. The number of carbonyl (C=O) groups excluding carboxylic acids is 2. The number of methoxy groups -OCH3 is 1. The van der Waals surface area contributed by atoms with Crippen LogP contribution < -0.4 is 10.1 Å². The normalized spacial score (nSPS) is 24.0. The summed E-state index contributed by atoms with van der Waals surface area (Å²) < 4.78 is 33.9. The van der Waals surface area contributed by atoms with Crippen molar-refractivity contribution >= 4 is 22.0 Å². The van der Waals surface area contributed by atoms with Gasteiger partial charge in [-0.25, -0.2) is 0 Å². The highest BCUT2D eigenvalue weighted by molar-refractivity contribution is 7.86. The fraction of sp³-hybridized carbons (Fsp3) is 0.625. The van der Waals surface area contributed by atoms with Crippen molar-refractivity contribution in [1.29, 1.82) is 5.26 Å². The summed E-state index contributed by atoms with van der Waals surface area (Å²) in [5.74, 6) is -0.403. The first-order valence-electron chi connectivity index (χ1n) is 12.1. The van der Waals surface area contributed by atoms with Gasteiger partial charge in [-0.2, -0.15) is 22.3 Å². The lowest BCUT2D eigenvalue weighted by Crippen LogP contribution is -2.57. The molecule has 0 bridgehead atoms. The summed E-state index contributed by atoms with van der Waals surface area (Å²) in [7, 11) is -2.09. The predicted octanol–water partition coefficient (Wildman–Crippen LogP) is 1.02. The second-order valence-corrected chi connectivity index (χ2v) is 11.5.